The van der Waals surface area contributed by atoms with Gasteiger partial charge in [0.05, 0.1) is 17.9 Å². The topological polar surface area (TPSA) is 100 Å². The molecule has 0 amide bonds. The first-order chi connectivity index (χ1) is 18.1. The average molecular weight is 492 g/mol. The predicted octanol–water partition coefficient (Wildman–Crippen LogP) is 3.29. The third-order valence-corrected chi connectivity index (χ3v) is 6.49. The lowest BCUT2D eigenvalue weighted by Crippen LogP contribution is -2.36. The van der Waals surface area contributed by atoms with Gasteiger partial charge in [0.2, 0.25) is 0 Å². The maximum absolute atomic E-state index is 9.31. The van der Waals surface area contributed by atoms with Gasteiger partial charge in [0.1, 0.15) is 29.2 Å². The lowest BCUT2D eigenvalue weighted by atomic mass is 10.2. The first-order valence-corrected chi connectivity index (χ1v) is 12.3. The quantitative estimate of drug-likeness (QED) is 0.484. The Morgan fingerprint density at radius 3 is 1.86 bits per heavy atom. The van der Waals surface area contributed by atoms with Crippen molar-refractivity contribution in [1.29, 1.82) is 10.5 Å². The SMILES string of the molecule is [C-]#[N+]c1cccc(CN2CCN(Cc3cccc(C#N)n3)CCN(Cc3nc(C#N)ccc3C)CC2)n1. The normalized spacial score (nSPS) is 15.5. The molecule has 0 atom stereocenters. The first kappa shape index (κ1) is 25.9. The fourth-order valence-corrected chi connectivity index (χ4v) is 4.37. The summed E-state index contributed by atoms with van der Waals surface area (Å²) in [4.78, 5) is 24.1. The van der Waals surface area contributed by atoms with Crippen molar-refractivity contribution in [2.75, 3.05) is 39.3 Å². The molecule has 0 unspecified atom stereocenters. The van der Waals surface area contributed by atoms with Crippen molar-refractivity contribution < 1.29 is 0 Å². The summed E-state index contributed by atoms with van der Waals surface area (Å²) < 4.78 is 0. The van der Waals surface area contributed by atoms with Gasteiger partial charge in [0, 0.05) is 52.4 Å². The molecule has 0 radical (unpaired) electrons. The number of hydrogen-bond acceptors (Lipinski definition) is 8. The molecule has 0 spiro atoms. The Bertz CT molecular complexity index is 1280. The Hall–Kier alpha value is -4.20. The van der Waals surface area contributed by atoms with Crippen LogP contribution >= 0.6 is 0 Å². The van der Waals surface area contributed by atoms with Gasteiger partial charge in [-0.1, -0.05) is 24.8 Å². The second-order valence-corrected chi connectivity index (χ2v) is 9.13. The Kier molecular flexibility index (Phi) is 8.86. The third-order valence-electron chi connectivity index (χ3n) is 6.49. The Labute approximate surface area is 218 Å². The van der Waals surface area contributed by atoms with Crippen LogP contribution in [0.15, 0.2) is 48.5 Å². The summed E-state index contributed by atoms with van der Waals surface area (Å²) in [7, 11) is 0. The highest BCUT2D eigenvalue weighted by atomic mass is 15.3. The molecule has 0 N–H and O–H groups in total. The molecule has 9 nitrogen and oxygen atoms in total. The highest BCUT2D eigenvalue weighted by molar-refractivity contribution is 5.36. The largest absolute Gasteiger partial charge is 0.361 e. The van der Waals surface area contributed by atoms with Crippen LogP contribution in [0.5, 0.6) is 0 Å². The molecule has 3 aromatic heterocycles. The number of nitrogens with zero attached hydrogens (tertiary/aromatic N) is 9. The minimum atomic E-state index is 0.410. The summed E-state index contributed by atoms with van der Waals surface area (Å²) in [6.07, 6.45) is 0. The van der Waals surface area contributed by atoms with E-state index in [1.807, 2.05) is 37.3 Å². The van der Waals surface area contributed by atoms with Gasteiger partial charge in [-0.05, 0) is 42.8 Å². The van der Waals surface area contributed by atoms with Crippen molar-refractivity contribution in [1.82, 2.24) is 29.7 Å². The maximum Gasteiger partial charge on any atom is 0.269 e. The van der Waals surface area contributed by atoms with Crippen LogP contribution in [0.2, 0.25) is 0 Å². The number of pyridine rings is 3. The van der Waals surface area contributed by atoms with Gasteiger partial charge in [-0.25, -0.2) is 9.97 Å². The van der Waals surface area contributed by atoms with Crippen LogP contribution in [0.4, 0.5) is 5.82 Å². The van der Waals surface area contributed by atoms with Crippen LogP contribution in [-0.4, -0.2) is 68.9 Å². The van der Waals surface area contributed by atoms with E-state index in [1.54, 1.807) is 18.2 Å². The molecule has 1 aliphatic rings. The zero-order chi connectivity index (χ0) is 26.0. The molecule has 4 rings (SSSR count). The van der Waals surface area contributed by atoms with Gasteiger partial charge >= 0.3 is 0 Å². The fraction of sp³-hybridized carbons (Fsp3) is 0.357. The second-order valence-electron chi connectivity index (χ2n) is 9.13. The Morgan fingerprint density at radius 1 is 0.730 bits per heavy atom. The summed E-state index contributed by atoms with van der Waals surface area (Å²) in [5.74, 6) is 0.410. The van der Waals surface area contributed by atoms with E-state index in [-0.39, 0.29) is 0 Å². The van der Waals surface area contributed by atoms with Crippen LogP contribution in [0.3, 0.4) is 0 Å². The molecular weight excluding hydrogens is 462 g/mol. The summed E-state index contributed by atoms with van der Waals surface area (Å²) in [6, 6.07) is 19.1. The molecule has 4 heterocycles. The van der Waals surface area contributed by atoms with E-state index in [9.17, 15) is 10.5 Å². The second kappa shape index (κ2) is 12.7. The number of nitriles is 2. The van der Waals surface area contributed by atoms with Crippen molar-refractivity contribution in [3.8, 4) is 12.1 Å². The number of hydrogen-bond donors (Lipinski definition) is 0. The molecule has 0 saturated carbocycles. The summed E-state index contributed by atoms with van der Waals surface area (Å²) in [6.45, 7) is 16.3. The van der Waals surface area contributed by atoms with Crippen LogP contribution in [0, 0.1) is 36.2 Å². The highest BCUT2D eigenvalue weighted by Gasteiger charge is 2.20. The van der Waals surface area contributed by atoms with E-state index in [4.69, 9.17) is 6.57 Å². The summed E-state index contributed by atoms with van der Waals surface area (Å²) >= 11 is 0. The maximum atomic E-state index is 9.31. The smallest absolute Gasteiger partial charge is 0.269 e. The van der Waals surface area contributed by atoms with E-state index in [0.717, 1.165) is 61.9 Å². The molecule has 186 valence electrons. The number of aryl methyl sites for hydroxylation is 1. The van der Waals surface area contributed by atoms with Gasteiger partial charge < -0.3 is 4.85 Å². The lowest BCUT2D eigenvalue weighted by molar-refractivity contribution is 0.206. The van der Waals surface area contributed by atoms with Crippen LogP contribution in [0.1, 0.15) is 34.0 Å². The van der Waals surface area contributed by atoms with E-state index < -0.39 is 0 Å². The number of rotatable bonds is 6. The summed E-state index contributed by atoms with van der Waals surface area (Å²) in [5.41, 5.74) is 4.61. The molecule has 37 heavy (non-hydrogen) atoms. The van der Waals surface area contributed by atoms with Gasteiger partial charge in [0.25, 0.3) is 5.82 Å². The molecule has 0 aliphatic carbocycles. The lowest BCUT2D eigenvalue weighted by Gasteiger charge is -2.26. The van der Waals surface area contributed by atoms with Gasteiger partial charge in [-0.3, -0.25) is 14.7 Å². The molecule has 0 aromatic carbocycles. The fourth-order valence-electron chi connectivity index (χ4n) is 4.37. The van der Waals surface area contributed by atoms with Crippen molar-refractivity contribution in [2.24, 2.45) is 0 Å². The van der Waals surface area contributed by atoms with E-state index >= 15 is 0 Å². The molecule has 1 fully saturated rings. The molecular formula is C28H29N9. The van der Waals surface area contributed by atoms with E-state index in [0.29, 0.717) is 36.8 Å². The number of aromatic nitrogens is 3. The third kappa shape index (κ3) is 7.39. The minimum Gasteiger partial charge on any atom is -0.361 e. The van der Waals surface area contributed by atoms with Crippen LogP contribution in [-0.2, 0) is 19.6 Å². The van der Waals surface area contributed by atoms with Gasteiger partial charge in [-0.2, -0.15) is 10.5 Å². The molecule has 9 heteroatoms. The van der Waals surface area contributed by atoms with Crippen molar-refractivity contribution >= 4 is 5.82 Å². The van der Waals surface area contributed by atoms with Gasteiger partial charge in [-0.15, -0.1) is 4.98 Å². The zero-order valence-corrected chi connectivity index (χ0v) is 21.0. The highest BCUT2D eigenvalue weighted by Crippen LogP contribution is 2.14. The van der Waals surface area contributed by atoms with Crippen LogP contribution in [0.25, 0.3) is 4.85 Å². The predicted molar refractivity (Wildman–Crippen MR) is 139 cm³/mol. The van der Waals surface area contributed by atoms with Crippen molar-refractivity contribution in [2.45, 2.75) is 26.6 Å². The van der Waals surface area contributed by atoms with E-state index in [2.05, 4.69) is 46.6 Å². The molecule has 0 bridgehead atoms. The monoisotopic (exact) mass is 491 g/mol. The Morgan fingerprint density at radius 2 is 1.27 bits per heavy atom. The molecule has 1 aliphatic heterocycles. The van der Waals surface area contributed by atoms with Gasteiger partial charge in [0.15, 0.2) is 0 Å². The molecule has 3 aromatic rings. The van der Waals surface area contributed by atoms with Crippen LogP contribution < -0.4 is 0 Å². The minimum absolute atomic E-state index is 0.410. The Balaban J connectivity index is 1.53. The summed E-state index contributed by atoms with van der Waals surface area (Å²) in [5, 5.41) is 18.6. The zero-order valence-electron chi connectivity index (χ0n) is 21.0. The molecule has 1 saturated heterocycles. The first-order valence-electron chi connectivity index (χ1n) is 12.3. The van der Waals surface area contributed by atoms with Crippen molar-refractivity contribution in [3.05, 3.63) is 94.0 Å². The standard InChI is InChI=1S/C28H29N9/c1-22-9-10-24(18-30)33-27(22)21-37-15-13-35(19-25-6-3-5-23(17-29)32-25)11-12-36(14-16-37)20-26-7-4-8-28(31-2)34-26/h3-10H,11-16,19-21H2,1H3. The van der Waals surface area contributed by atoms with E-state index in [1.165, 1.54) is 0 Å². The van der Waals surface area contributed by atoms with Crippen molar-refractivity contribution in [3.63, 3.8) is 0 Å². The average Bonchev–Trinajstić information content (AvgIpc) is 3.01.